The van der Waals surface area contributed by atoms with Crippen molar-refractivity contribution in [3.05, 3.63) is 42.7 Å². The van der Waals surface area contributed by atoms with Crippen LogP contribution in [0.1, 0.15) is 0 Å². The number of anilines is 1. The highest BCUT2D eigenvalue weighted by atomic mass is 15.0. The van der Waals surface area contributed by atoms with Crippen LogP contribution in [-0.4, -0.2) is 23.1 Å². The van der Waals surface area contributed by atoms with Gasteiger partial charge in [0, 0.05) is 18.7 Å². The van der Waals surface area contributed by atoms with Crippen LogP contribution in [0.2, 0.25) is 0 Å². The zero-order valence-corrected chi connectivity index (χ0v) is 8.93. The molecule has 0 radical (unpaired) electrons. The number of nitrogens with one attached hydrogen (secondary N) is 1. The summed E-state index contributed by atoms with van der Waals surface area (Å²) in [6.07, 6.45) is 3.54. The summed E-state index contributed by atoms with van der Waals surface area (Å²) in [5.74, 6) is 0.735. The molecule has 16 heavy (non-hydrogen) atoms. The minimum Gasteiger partial charge on any atom is -0.381 e. The van der Waals surface area contributed by atoms with Gasteiger partial charge < -0.3 is 11.1 Å². The predicted molar refractivity (Wildman–Crippen MR) is 65.0 cm³/mol. The average Bonchev–Trinajstić information content (AvgIpc) is 2.38. The van der Waals surface area contributed by atoms with Gasteiger partial charge in [-0.3, -0.25) is 0 Å². The molecule has 1 aromatic carbocycles. The number of nitrogens with zero attached hydrogens (tertiary/aromatic N) is 2. The molecule has 0 bridgehead atoms. The Kier molecular flexibility index (Phi) is 3.46. The Morgan fingerprint density at radius 3 is 2.38 bits per heavy atom. The highest BCUT2D eigenvalue weighted by Crippen LogP contribution is 2.14. The van der Waals surface area contributed by atoms with Crippen molar-refractivity contribution >= 4 is 5.69 Å². The molecule has 82 valence electrons. The van der Waals surface area contributed by atoms with Gasteiger partial charge in [0.1, 0.15) is 0 Å². The molecule has 0 amide bonds. The minimum absolute atomic E-state index is 0.598. The van der Waals surface area contributed by atoms with Crippen molar-refractivity contribution in [1.29, 1.82) is 0 Å². The van der Waals surface area contributed by atoms with E-state index in [0.717, 1.165) is 23.6 Å². The third-order valence-electron chi connectivity index (χ3n) is 2.16. The number of nitrogens with two attached hydrogens (primary N) is 1. The maximum atomic E-state index is 5.39. The molecular formula is C12H14N4. The van der Waals surface area contributed by atoms with E-state index in [1.54, 1.807) is 12.4 Å². The van der Waals surface area contributed by atoms with E-state index >= 15 is 0 Å². The van der Waals surface area contributed by atoms with Gasteiger partial charge in [0.2, 0.25) is 0 Å². The Bertz CT molecular complexity index is 425. The number of aromatic nitrogens is 2. The molecular weight excluding hydrogens is 200 g/mol. The van der Waals surface area contributed by atoms with E-state index in [1.165, 1.54) is 0 Å². The van der Waals surface area contributed by atoms with Gasteiger partial charge in [-0.1, -0.05) is 30.3 Å². The van der Waals surface area contributed by atoms with Crippen molar-refractivity contribution in [3.8, 4) is 11.4 Å². The fraction of sp³-hybridized carbons (Fsp3) is 0.167. The van der Waals surface area contributed by atoms with Crippen LogP contribution in [0.3, 0.4) is 0 Å². The van der Waals surface area contributed by atoms with Crippen molar-refractivity contribution in [1.82, 2.24) is 9.97 Å². The summed E-state index contributed by atoms with van der Waals surface area (Å²) >= 11 is 0. The number of hydrogen-bond donors (Lipinski definition) is 2. The molecule has 0 aliphatic rings. The first-order valence-electron chi connectivity index (χ1n) is 5.21. The average molecular weight is 214 g/mol. The van der Waals surface area contributed by atoms with Gasteiger partial charge in [0.05, 0.1) is 18.1 Å². The lowest BCUT2D eigenvalue weighted by molar-refractivity contribution is 1.02. The van der Waals surface area contributed by atoms with Gasteiger partial charge in [-0.05, 0) is 0 Å². The smallest absolute Gasteiger partial charge is 0.159 e. The summed E-state index contributed by atoms with van der Waals surface area (Å²) in [6.45, 7) is 1.33. The van der Waals surface area contributed by atoms with E-state index in [2.05, 4.69) is 15.3 Å². The standard InChI is InChI=1S/C12H14N4/c13-6-7-14-11-8-15-12(16-9-11)10-4-2-1-3-5-10/h1-5,8-9,14H,6-7,13H2. The minimum atomic E-state index is 0.598. The summed E-state index contributed by atoms with van der Waals surface area (Å²) in [5, 5.41) is 3.12. The van der Waals surface area contributed by atoms with Gasteiger partial charge in [-0.15, -0.1) is 0 Å². The van der Waals surface area contributed by atoms with Crippen LogP contribution >= 0.6 is 0 Å². The van der Waals surface area contributed by atoms with E-state index in [1.807, 2.05) is 30.3 Å². The van der Waals surface area contributed by atoms with E-state index in [9.17, 15) is 0 Å². The van der Waals surface area contributed by atoms with Crippen LogP contribution in [-0.2, 0) is 0 Å². The second kappa shape index (κ2) is 5.23. The Balaban J connectivity index is 2.13. The molecule has 4 heteroatoms. The first-order valence-corrected chi connectivity index (χ1v) is 5.21. The summed E-state index contributed by atoms with van der Waals surface area (Å²) in [5.41, 5.74) is 7.31. The van der Waals surface area contributed by atoms with Gasteiger partial charge in [-0.25, -0.2) is 9.97 Å². The van der Waals surface area contributed by atoms with Gasteiger partial charge in [0.15, 0.2) is 5.82 Å². The summed E-state index contributed by atoms with van der Waals surface area (Å²) < 4.78 is 0. The molecule has 0 unspecified atom stereocenters. The van der Waals surface area contributed by atoms with Crippen LogP contribution in [0, 0.1) is 0 Å². The molecule has 1 heterocycles. The van der Waals surface area contributed by atoms with Crippen LogP contribution in [0.15, 0.2) is 42.7 Å². The third kappa shape index (κ3) is 2.55. The van der Waals surface area contributed by atoms with Crippen LogP contribution in [0.25, 0.3) is 11.4 Å². The van der Waals surface area contributed by atoms with Gasteiger partial charge >= 0.3 is 0 Å². The molecule has 0 spiro atoms. The molecule has 0 saturated carbocycles. The highest BCUT2D eigenvalue weighted by molar-refractivity contribution is 5.55. The van der Waals surface area contributed by atoms with Crippen molar-refractivity contribution in [2.24, 2.45) is 5.73 Å². The zero-order valence-electron chi connectivity index (χ0n) is 8.93. The molecule has 0 atom stereocenters. The van der Waals surface area contributed by atoms with Crippen molar-refractivity contribution in [2.75, 3.05) is 18.4 Å². The molecule has 1 aromatic heterocycles. The molecule has 0 aliphatic heterocycles. The Morgan fingerprint density at radius 2 is 1.75 bits per heavy atom. The Hall–Kier alpha value is -1.94. The van der Waals surface area contributed by atoms with E-state index in [-0.39, 0.29) is 0 Å². The highest BCUT2D eigenvalue weighted by Gasteiger charge is 1.99. The lowest BCUT2D eigenvalue weighted by Crippen LogP contribution is -2.13. The summed E-state index contributed by atoms with van der Waals surface area (Å²) in [6, 6.07) is 9.89. The Morgan fingerprint density at radius 1 is 1.06 bits per heavy atom. The molecule has 2 aromatic rings. The number of benzene rings is 1. The number of rotatable bonds is 4. The Labute approximate surface area is 94.5 Å². The zero-order chi connectivity index (χ0) is 11.2. The second-order valence-corrected chi connectivity index (χ2v) is 3.38. The molecule has 0 aliphatic carbocycles. The fourth-order valence-electron chi connectivity index (χ4n) is 1.37. The van der Waals surface area contributed by atoms with Crippen LogP contribution < -0.4 is 11.1 Å². The number of hydrogen-bond acceptors (Lipinski definition) is 4. The van der Waals surface area contributed by atoms with Crippen LogP contribution in [0.5, 0.6) is 0 Å². The molecule has 4 nitrogen and oxygen atoms in total. The lowest BCUT2D eigenvalue weighted by Gasteiger charge is -2.04. The first kappa shape index (κ1) is 10.6. The van der Waals surface area contributed by atoms with E-state index in [0.29, 0.717) is 6.54 Å². The normalized spacial score (nSPS) is 10.1. The summed E-state index contributed by atoms with van der Waals surface area (Å²) in [7, 11) is 0. The topological polar surface area (TPSA) is 63.8 Å². The first-order chi connectivity index (χ1) is 7.90. The maximum absolute atomic E-state index is 5.39. The van der Waals surface area contributed by atoms with Crippen molar-refractivity contribution in [2.45, 2.75) is 0 Å². The molecule has 0 fully saturated rings. The predicted octanol–water partition coefficient (Wildman–Crippen LogP) is 1.51. The monoisotopic (exact) mass is 214 g/mol. The largest absolute Gasteiger partial charge is 0.381 e. The van der Waals surface area contributed by atoms with Crippen LogP contribution in [0.4, 0.5) is 5.69 Å². The van der Waals surface area contributed by atoms with E-state index in [4.69, 9.17) is 5.73 Å². The van der Waals surface area contributed by atoms with Gasteiger partial charge in [-0.2, -0.15) is 0 Å². The SMILES string of the molecule is NCCNc1cnc(-c2ccccc2)nc1. The van der Waals surface area contributed by atoms with Crippen molar-refractivity contribution < 1.29 is 0 Å². The maximum Gasteiger partial charge on any atom is 0.159 e. The lowest BCUT2D eigenvalue weighted by atomic mass is 10.2. The summed E-state index contributed by atoms with van der Waals surface area (Å²) in [4.78, 5) is 8.57. The quantitative estimate of drug-likeness (QED) is 0.809. The molecule has 2 rings (SSSR count). The van der Waals surface area contributed by atoms with Gasteiger partial charge in [0.25, 0.3) is 0 Å². The second-order valence-electron chi connectivity index (χ2n) is 3.38. The van der Waals surface area contributed by atoms with E-state index < -0.39 is 0 Å². The molecule has 3 N–H and O–H groups in total. The molecule has 0 saturated heterocycles. The fourth-order valence-corrected chi connectivity index (χ4v) is 1.37. The van der Waals surface area contributed by atoms with Crippen molar-refractivity contribution in [3.63, 3.8) is 0 Å². The third-order valence-corrected chi connectivity index (χ3v) is 2.16.